The molecule has 0 unspecified atom stereocenters. The summed E-state index contributed by atoms with van der Waals surface area (Å²) in [5.74, 6) is 4.54. The van der Waals surface area contributed by atoms with E-state index in [1.165, 1.54) is 12.4 Å². The number of amides is 4. The lowest BCUT2D eigenvalue weighted by molar-refractivity contribution is -0.135. The number of carbonyl (C=O) groups is 4. The first-order chi connectivity index (χ1) is 18.0. The van der Waals surface area contributed by atoms with Crippen molar-refractivity contribution in [1.29, 1.82) is 0 Å². The van der Waals surface area contributed by atoms with Gasteiger partial charge in [0.1, 0.15) is 6.04 Å². The highest BCUT2D eigenvalue weighted by atomic mass is 32.2. The standard InChI is InChI=1S/C26H40N6O6S/c1-17(2)21(23(35)31-19(22(34)26(3,4)5)12-10-14-28-24(27)36)32-20(33)13-9-7-8-11-18-15-29-25(30-16-18)39(6,37)38/h15-17,19,21H,7,9-10,12-14H2,1-6H3,(H,31,35)(H,32,33)(H3,27,28,36)/t19-,21+/m1/s1. The number of primary amides is 1. The summed E-state index contributed by atoms with van der Waals surface area (Å²) in [5, 5.41) is 7.73. The topological polar surface area (TPSA) is 190 Å². The van der Waals surface area contributed by atoms with E-state index >= 15 is 0 Å². The van der Waals surface area contributed by atoms with Crippen molar-refractivity contribution in [2.45, 2.75) is 84.0 Å². The molecule has 0 radical (unpaired) electrons. The van der Waals surface area contributed by atoms with Crippen molar-refractivity contribution in [1.82, 2.24) is 25.9 Å². The zero-order valence-corrected chi connectivity index (χ0v) is 24.3. The number of Topliss-reactive ketones (excluding diaryl/α,β-unsaturated/α-hetero) is 1. The molecule has 2 atom stereocenters. The highest BCUT2D eigenvalue weighted by molar-refractivity contribution is 7.90. The Kier molecular flexibility index (Phi) is 13.0. The smallest absolute Gasteiger partial charge is 0.312 e. The molecule has 5 N–H and O–H groups in total. The maximum Gasteiger partial charge on any atom is 0.312 e. The van der Waals surface area contributed by atoms with Gasteiger partial charge in [0.15, 0.2) is 5.78 Å². The van der Waals surface area contributed by atoms with Crippen LogP contribution in [0.2, 0.25) is 0 Å². The first-order valence-corrected chi connectivity index (χ1v) is 14.6. The SMILES string of the molecule is CC(C)[C@H](NC(=O)CCCC#Cc1cnc(S(C)(=O)=O)nc1)C(=O)N[C@H](CCCNC(N)=O)C(=O)C(C)(C)C. The van der Waals surface area contributed by atoms with Crippen LogP contribution in [-0.2, 0) is 24.2 Å². The summed E-state index contributed by atoms with van der Waals surface area (Å²) in [6, 6.07) is -2.28. The first kappa shape index (κ1) is 33.5. The van der Waals surface area contributed by atoms with Gasteiger partial charge in [0.2, 0.25) is 26.8 Å². The second-order valence-corrected chi connectivity index (χ2v) is 12.5. The number of hydrogen-bond acceptors (Lipinski definition) is 8. The van der Waals surface area contributed by atoms with Gasteiger partial charge in [-0.1, -0.05) is 46.5 Å². The summed E-state index contributed by atoms with van der Waals surface area (Å²) < 4.78 is 22.8. The number of sulfone groups is 1. The number of carbonyl (C=O) groups excluding carboxylic acids is 4. The van der Waals surface area contributed by atoms with Crippen molar-refractivity contribution < 1.29 is 27.6 Å². The number of unbranched alkanes of at least 4 members (excludes halogenated alkanes) is 1. The molecule has 0 aromatic carbocycles. The van der Waals surface area contributed by atoms with Crippen molar-refractivity contribution in [2.24, 2.45) is 17.1 Å². The molecular formula is C26H40N6O6S. The lowest BCUT2D eigenvalue weighted by atomic mass is 9.84. The fourth-order valence-electron chi connectivity index (χ4n) is 3.43. The normalized spacial score (nSPS) is 13.0. The van der Waals surface area contributed by atoms with Crippen LogP contribution in [0, 0.1) is 23.2 Å². The van der Waals surface area contributed by atoms with E-state index < -0.39 is 39.3 Å². The number of nitrogens with one attached hydrogen (secondary N) is 3. The van der Waals surface area contributed by atoms with Crippen LogP contribution in [0.15, 0.2) is 17.6 Å². The summed E-state index contributed by atoms with van der Waals surface area (Å²) in [6.07, 6.45) is 5.36. The predicted molar refractivity (Wildman–Crippen MR) is 146 cm³/mol. The van der Waals surface area contributed by atoms with E-state index in [0.717, 1.165) is 6.26 Å². The molecule has 0 aliphatic carbocycles. The number of ketones is 1. The van der Waals surface area contributed by atoms with E-state index in [4.69, 9.17) is 5.73 Å². The van der Waals surface area contributed by atoms with Gasteiger partial charge in [-0.25, -0.2) is 23.2 Å². The molecule has 1 aromatic heterocycles. The molecule has 0 fully saturated rings. The molecule has 0 saturated carbocycles. The Bertz CT molecular complexity index is 1180. The van der Waals surface area contributed by atoms with E-state index in [0.29, 0.717) is 31.2 Å². The third kappa shape index (κ3) is 12.7. The molecule has 0 aliphatic heterocycles. The molecule has 0 saturated heterocycles. The van der Waals surface area contributed by atoms with Crippen LogP contribution in [-0.4, -0.2) is 66.9 Å². The van der Waals surface area contributed by atoms with Gasteiger partial charge in [-0.2, -0.15) is 0 Å². The maximum atomic E-state index is 13.1. The van der Waals surface area contributed by atoms with E-state index in [2.05, 4.69) is 37.8 Å². The van der Waals surface area contributed by atoms with Crippen LogP contribution in [0.4, 0.5) is 4.79 Å². The van der Waals surface area contributed by atoms with E-state index in [1.54, 1.807) is 34.6 Å². The minimum absolute atomic E-state index is 0.137. The van der Waals surface area contributed by atoms with Gasteiger partial charge < -0.3 is 21.7 Å². The molecule has 1 heterocycles. The zero-order valence-electron chi connectivity index (χ0n) is 23.5. The quantitative estimate of drug-likeness (QED) is 0.155. The molecule has 0 spiro atoms. The van der Waals surface area contributed by atoms with Crippen LogP contribution in [0.1, 0.15) is 72.3 Å². The Morgan fingerprint density at radius 2 is 1.67 bits per heavy atom. The molecule has 0 bridgehead atoms. The summed E-state index contributed by atoms with van der Waals surface area (Å²) in [4.78, 5) is 57.0. The minimum Gasteiger partial charge on any atom is -0.352 e. The number of nitrogens with zero attached hydrogens (tertiary/aromatic N) is 2. The number of urea groups is 1. The first-order valence-electron chi connectivity index (χ1n) is 12.7. The van der Waals surface area contributed by atoms with Gasteiger partial charge in [-0.3, -0.25) is 14.4 Å². The number of aromatic nitrogens is 2. The van der Waals surface area contributed by atoms with Gasteiger partial charge in [-0.15, -0.1) is 0 Å². The molecule has 216 valence electrons. The molecule has 1 aromatic rings. The van der Waals surface area contributed by atoms with Gasteiger partial charge in [0.25, 0.3) is 0 Å². The largest absolute Gasteiger partial charge is 0.352 e. The highest BCUT2D eigenvalue weighted by Gasteiger charge is 2.33. The fourth-order valence-corrected chi connectivity index (χ4v) is 3.91. The third-order valence-electron chi connectivity index (χ3n) is 5.50. The molecule has 1 rings (SSSR count). The molecule has 12 nitrogen and oxygen atoms in total. The van der Waals surface area contributed by atoms with Gasteiger partial charge in [0, 0.05) is 43.5 Å². The zero-order chi connectivity index (χ0) is 29.8. The Morgan fingerprint density at radius 1 is 1.05 bits per heavy atom. The van der Waals surface area contributed by atoms with Crippen molar-refractivity contribution >= 4 is 33.5 Å². The average Bonchev–Trinajstić information content (AvgIpc) is 2.82. The Labute approximate surface area is 230 Å². The lowest BCUT2D eigenvalue weighted by Crippen LogP contribution is -2.55. The Hall–Kier alpha value is -3.53. The average molecular weight is 565 g/mol. The van der Waals surface area contributed by atoms with Crippen molar-refractivity contribution in [2.75, 3.05) is 12.8 Å². The second-order valence-electron chi connectivity index (χ2n) is 10.6. The molecular weight excluding hydrogens is 524 g/mol. The summed E-state index contributed by atoms with van der Waals surface area (Å²) in [7, 11) is -3.48. The van der Waals surface area contributed by atoms with E-state index in [-0.39, 0.29) is 35.7 Å². The molecule has 0 aliphatic rings. The highest BCUT2D eigenvalue weighted by Crippen LogP contribution is 2.19. The van der Waals surface area contributed by atoms with Crippen molar-refractivity contribution in [3.8, 4) is 11.8 Å². The number of rotatable bonds is 13. The van der Waals surface area contributed by atoms with Crippen molar-refractivity contribution in [3.05, 3.63) is 18.0 Å². The predicted octanol–water partition coefficient (Wildman–Crippen LogP) is 1.09. The lowest BCUT2D eigenvalue weighted by Gasteiger charge is -2.28. The monoisotopic (exact) mass is 564 g/mol. The molecule has 13 heteroatoms. The van der Waals surface area contributed by atoms with E-state index in [1.807, 2.05) is 0 Å². The van der Waals surface area contributed by atoms with Crippen LogP contribution in [0.25, 0.3) is 0 Å². The molecule has 4 amide bonds. The van der Waals surface area contributed by atoms with Crippen LogP contribution < -0.4 is 21.7 Å². The van der Waals surface area contributed by atoms with Crippen molar-refractivity contribution in [3.63, 3.8) is 0 Å². The third-order valence-corrected chi connectivity index (χ3v) is 6.38. The van der Waals surface area contributed by atoms with Gasteiger partial charge in [0.05, 0.1) is 11.6 Å². The summed E-state index contributed by atoms with van der Waals surface area (Å²) >= 11 is 0. The van der Waals surface area contributed by atoms with Gasteiger partial charge >= 0.3 is 6.03 Å². The Morgan fingerprint density at radius 3 is 2.18 bits per heavy atom. The maximum absolute atomic E-state index is 13.1. The van der Waals surface area contributed by atoms with Crippen LogP contribution in [0.5, 0.6) is 0 Å². The minimum atomic E-state index is -3.48. The molecule has 39 heavy (non-hydrogen) atoms. The summed E-state index contributed by atoms with van der Waals surface area (Å²) in [6.45, 7) is 9.15. The fraction of sp³-hybridized carbons (Fsp3) is 0.615. The number of nitrogens with two attached hydrogens (primary N) is 1. The van der Waals surface area contributed by atoms with E-state index in [9.17, 15) is 27.6 Å². The van der Waals surface area contributed by atoms with Crippen LogP contribution in [0.3, 0.4) is 0 Å². The summed E-state index contributed by atoms with van der Waals surface area (Å²) in [5.41, 5.74) is 4.83. The number of hydrogen-bond donors (Lipinski definition) is 4. The van der Waals surface area contributed by atoms with Gasteiger partial charge in [-0.05, 0) is 25.2 Å². The second kappa shape index (κ2) is 15.2. The Balaban J connectivity index is 2.69. The van der Waals surface area contributed by atoms with Crippen LogP contribution >= 0.6 is 0 Å².